The number of nitrogens with one attached hydrogen (secondary N) is 1. The first-order valence-electron chi connectivity index (χ1n) is 6.15. The third-order valence-electron chi connectivity index (χ3n) is 3.05. The van der Waals surface area contributed by atoms with Crippen molar-refractivity contribution in [2.24, 2.45) is 0 Å². The molecule has 0 amide bonds. The Hall–Kier alpha value is -1.84. The SMILES string of the molecule is CCn1cc(C(C)Nc2cc(F)ccc2C)cn1. The van der Waals surface area contributed by atoms with E-state index < -0.39 is 0 Å². The van der Waals surface area contributed by atoms with E-state index >= 15 is 0 Å². The van der Waals surface area contributed by atoms with Crippen molar-refractivity contribution >= 4 is 5.69 Å². The van der Waals surface area contributed by atoms with E-state index in [1.807, 2.05) is 37.8 Å². The summed E-state index contributed by atoms with van der Waals surface area (Å²) in [5.74, 6) is -0.223. The molecule has 0 aliphatic rings. The van der Waals surface area contributed by atoms with Crippen molar-refractivity contribution in [1.29, 1.82) is 0 Å². The minimum Gasteiger partial charge on any atom is -0.378 e. The Morgan fingerprint density at radius 2 is 2.22 bits per heavy atom. The minimum atomic E-state index is -0.223. The van der Waals surface area contributed by atoms with Gasteiger partial charge in [0.2, 0.25) is 0 Å². The molecule has 2 rings (SSSR count). The van der Waals surface area contributed by atoms with E-state index in [0.717, 1.165) is 23.4 Å². The Labute approximate surface area is 107 Å². The topological polar surface area (TPSA) is 29.9 Å². The number of anilines is 1. The number of rotatable bonds is 4. The number of nitrogens with zero attached hydrogens (tertiary/aromatic N) is 2. The molecule has 4 heteroatoms. The van der Waals surface area contributed by atoms with Crippen LogP contribution in [-0.4, -0.2) is 9.78 Å². The second-order valence-corrected chi connectivity index (χ2v) is 4.45. The predicted molar refractivity (Wildman–Crippen MR) is 71.1 cm³/mol. The molecule has 1 aromatic carbocycles. The maximum absolute atomic E-state index is 13.2. The van der Waals surface area contributed by atoms with Crippen LogP contribution in [0.25, 0.3) is 0 Å². The van der Waals surface area contributed by atoms with Crippen LogP contribution in [0.15, 0.2) is 30.6 Å². The summed E-state index contributed by atoms with van der Waals surface area (Å²) in [5.41, 5.74) is 2.96. The molecular weight excluding hydrogens is 229 g/mol. The fourth-order valence-corrected chi connectivity index (χ4v) is 1.84. The lowest BCUT2D eigenvalue weighted by Crippen LogP contribution is -2.07. The summed E-state index contributed by atoms with van der Waals surface area (Å²) in [5, 5.41) is 7.55. The molecule has 0 spiro atoms. The molecule has 0 aliphatic heterocycles. The highest BCUT2D eigenvalue weighted by Crippen LogP contribution is 2.22. The van der Waals surface area contributed by atoms with Crippen LogP contribution in [0.4, 0.5) is 10.1 Å². The van der Waals surface area contributed by atoms with Crippen LogP contribution in [0.1, 0.15) is 31.0 Å². The molecule has 0 aliphatic carbocycles. The van der Waals surface area contributed by atoms with Crippen LogP contribution in [0, 0.1) is 12.7 Å². The normalized spacial score (nSPS) is 12.4. The highest BCUT2D eigenvalue weighted by atomic mass is 19.1. The molecule has 0 saturated heterocycles. The molecule has 0 fully saturated rings. The Morgan fingerprint density at radius 3 is 2.89 bits per heavy atom. The van der Waals surface area contributed by atoms with Crippen molar-refractivity contribution in [3.63, 3.8) is 0 Å². The highest BCUT2D eigenvalue weighted by molar-refractivity contribution is 5.52. The van der Waals surface area contributed by atoms with Gasteiger partial charge in [-0.1, -0.05) is 6.07 Å². The third kappa shape index (κ3) is 2.70. The lowest BCUT2D eigenvalue weighted by Gasteiger charge is -2.15. The first-order chi connectivity index (χ1) is 8.60. The van der Waals surface area contributed by atoms with Gasteiger partial charge >= 0.3 is 0 Å². The molecule has 0 saturated carbocycles. The molecule has 1 atom stereocenters. The number of hydrogen-bond donors (Lipinski definition) is 1. The van der Waals surface area contributed by atoms with Crippen molar-refractivity contribution < 1.29 is 4.39 Å². The van der Waals surface area contributed by atoms with Gasteiger partial charge in [-0.2, -0.15) is 5.10 Å². The fraction of sp³-hybridized carbons (Fsp3) is 0.357. The summed E-state index contributed by atoms with van der Waals surface area (Å²) >= 11 is 0. The highest BCUT2D eigenvalue weighted by Gasteiger charge is 2.09. The van der Waals surface area contributed by atoms with Crippen LogP contribution < -0.4 is 5.32 Å². The molecular formula is C14H18FN3. The zero-order valence-corrected chi connectivity index (χ0v) is 10.9. The lowest BCUT2D eigenvalue weighted by molar-refractivity contribution is 0.627. The second kappa shape index (κ2) is 5.21. The van der Waals surface area contributed by atoms with Crippen LogP contribution in [0.2, 0.25) is 0 Å². The molecule has 0 bridgehead atoms. The summed E-state index contributed by atoms with van der Waals surface area (Å²) in [7, 11) is 0. The molecule has 18 heavy (non-hydrogen) atoms. The van der Waals surface area contributed by atoms with Gasteiger partial charge in [-0.15, -0.1) is 0 Å². The first-order valence-corrected chi connectivity index (χ1v) is 6.15. The van der Waals surface area contributed by atoms with Crippen molar-refractivity contribution in [2.45, 2.75) is 33.4 Å². The van der Waals surface area contributed by atoms with E-state index in [9.17, 15) is 4.39 Å². The lowest BCUT2D eigenvalue weighted by atomic mass is 10.1. The van der Waals surface area contributed by atoms with Crippen LogP contribution in [-0.2, 0) is 6.54 Å². The standard InChI is InChI=1S/C14H18FN3/c1-4-18-9-12(8-16-18)11(3)17-14-7-13(15)6-5-10(14)2/h5-9,11,17H,4H2,1-3H3. The van der Waals surface area contributed by atoms with E-state index in [1.54, 1.807) is 6.07 Å². The van der Waals surface area contributed by atoms with Gasteiger partial charge in [0.25, 0.3) is 0 Å². The smallest absolute Gasteiger partial charge is 0.125 e. The number of benzene rings is 1. The monoisotopic (exact) mass is 247 g/mol. The fourth-order valence-electron chi connectivity index (χ4n) is 1.84. The Morgan fingerprint density at radius 1 is 1.44 bits per heavy atom. The number of halogens is 1. The summed E-state index contributed by atoms with van der Waals surface area (Å²) in [6.45, 7) is 6.91. The average molecular weight is 247 g/mol. The van der Waals surface area contributed by atoms with Gasteiger partial charge in [0.1, 0.15) is 5.82 Å². The van der Waals surface area contributed by atoms with Crippen LogP contribution in [0.3, 0.4) is 0 Å². The van der Waals surface area contributed by atoms with Gasteiger partial charge in [-0.05, 0) is 38.5 Å². The van der Waals surface area contributed by atoms with Crippen molar-refractivity contribution in [1.82, 2.24) is 9.78 Å². The van der Waals surface area contributed by atoms with Crippen molar-refractivity contribution in [3.8, 4) is 0 Å². The van der Waals surface area contributed by atoms with Gasteiger partial charge in [0.15, 0.2) is 0 Å². The van der Waals surface area contributed by atoms with E-state index in [0.29, 0.717) is 0 Å². The summed E-state index contributed by atoms with van der Waals surface area (Å²) in [6, 6.07) is 4.88. The molecule has 1 unspecified atom stereocenters. The van der Waals surface area contributed by atoms with Gasteiger partial charge in [0.05, 0.1) is 12.2 Å². The molecule has 2 aromatic rings. The molecule has 1 N–H and O–H groups in total. The van der Waals surface area contributed by atoms with Gasteiger partial charge in [-0.3, -0.25) is 4.68 Å². The predicted octanol–water partition coefficient (Wildman–Crippen LogP) is 3.52. The zero-order chi connectivity index (χ0) is 13.1. The molecule has 1 heterocycles. The van der Waals surface area contributed by atoms with E-state index in [4.69, 9.17) is 0 Å². The molecule has 0 radical (unpaired) electrons. The Balaban J connectivity index is 2.15. The maximum atomic E-state index is 13.2. The van der Waals surface area contributed by atoms with Crippen LogP contribution in [0.5, 0.6) is 0 Å². The second-order valence-electron chi connectivity index (χ2n) is 4.45. The number of aromatic nitrogens is 2. The van der Waals surface area contributed by atoms with Gasteiger partial charge < -0.3 is 5.32 Å². The first kappa shape index (κ1) is 12.6. The Bertz CT molecular complexity index is 534. The molecule has 96 valence electrons. The van der Waals surface area contributed by atoms with Gasteiger partial charge in [-0.25, -0.2) is 4.39 Å². The van der Waals surface area contributed by atoms with Crippen molar-refractivity contribution in [2.75, 3.05) is 5.32 Å². The minimum absolute atomic E-state index is 0.103. The Kier molecular flexibility index (Phi) is 3.65. The van der Waals surface area contributed by atoms with E-state index in [1.165, 1.54) is 12.1 Å². The van der Waals surface area contributed by atoms with Crippen LogP contribution >= 0.6 is 0 Å². The van der Waals surface area contributed by atoms with Crippen molar-refractivity contribution in [3.05, 3.63) is 47.5 Å². The summed E-state index contributed by atoms with van der Waals surface area (Å²) < 4.78 is 15.1. The van der Waals surface area contributed by atoms with Gasteiger partial charge in [0, 0.05) is 24.0 Å². The average Bonchev–Trinajstić information content (AvgIpc) is 2.82. The largest absolute Gasteiger partial charge is 0.378 e. The number of aryl methyl sites for hydroxylation is 2. The van der Waals surface area contributed by atoms with E-state index in [-0.39, 0.29) is 11.9 Å². The molecule has 1 aromatic heterocycles. The van der Waals surface area contributed by atoms with E-state index in [2.05, 4.69) is 10.4 Å². The quantitative estimate of drug-likeness (QED) is 0.895. The summed E-state index contributed by atoms with van der Waals surface area (Å²) in [6.07, 6.45) is 3.85. The third-order valence-corrected chi connectivity index (χ3v) is 3.05. The number of hydrogen-bond acceptors (Lipinski definition) is 2. The zero-order valence-electron chi connectivity index (χ0n) is 10.9. The maximum Gasteiger partial charge on any atom is 0.125 e. The summed E-state index contributed by atoms with van der Waals surface area (Å²) in [4.78, 5) is 0. The molecule has 3 nitrogen and oxygen atoms in total.